The lowest BCUT2D eigenvalue weighted by Crippen LogP contribution is -2.25. The number of rotatable bonds is 0. The van der Waals surface area contributed by atoms with Crippen LogP contribution in [-0.4, -0.2) is 0 Å². The molecular formula is C32H34. The molecule has 11 rings (SSSR count). The first-order chi connectivity index (χ1) is 15.7. The number of hydrogen-bond acceptors (Lipinski definition) is 0. The molecule has 0 heteroatoms. The molecule has 4 saturated carbocycles. The Kier molecular flexibility index (Phi) is 3.30. The molecule has 0 spiro atoms. The van der Waals surface area contributed by atoms with E-state index in [1.165, 1.54) is 85.8 Å². The van der Waals surface area contributed by atoms with Gasteiger partial charge in [0.05, 0.1) is 0 Å². The monoisotopic (exact) mass is 418 g/mol. The fraction of sp³-hybridized carbons (Fsp3) is 0.562. The predicted molar refractivity (Wildman–Crippen MR) is 133 cm³/mol. The van der Waals surface area contributed by atoms with Crippen molar-refractivity contribution in [2.24, 2.45) is 23.7 Å². The maximum absolute atomic E-state index is 2.65. The van der Waals surface area contributed by atoms with Gasteiger partial charge in [-0.1, -0.05) is 24.3 Å². The molecule has 0 aliphatic heterocycles. The quantitative estimate of drug-likeness (QED) is 0.320. The van der Waals surface area contributed by atoms with Crippen molar-refractivity contribution in [2.75, 3.05) is 0 Å². The number of benzene rings is 3. The highest BCUT2D eigenvalue weighted by Crippen LogP contribution is 2.58. The third kappa shape index (κ3) is 2.35. The van der Waals surface area contributed by atoms with Gasteiger partial charge in [0, 0.05) is 0 Å². The molecule has 0 aromatic heterocycles. The van der Waals surface area contributed by atoms with Crippen LogP contribution in [0.3, 0.4) is 0 Å². The minimum Gasteiger partial charge on any atom is -0.0506 e. The standard InChI is InChI=1S/C32H34/c1-17-3-25-5-18(1)6-26(4-17)30-14-22-12-24-16-32-28-9-19-2-20(10-28)8-27(7-19)31(32)15-23(24)11-21(22)13-29(25)30/h11-20,25-28H,1-10H2. The molecule has 0 amide bonds. The van der Waals surface area contributed by atoms with E-state index < -0.39 is 0 Å². The van der Waals surface area contributed by atoms with E-state index in [0.717, 1.165) is 47.3 Å². The molecule has 32 heavy (non-hydrogen) atoms. The van der Waals surface area contributed by atoms with Crippen molar-refractivity contribution >= 4 is 21.5 Å². The summed E-state index contributed by atoms with van der Waals surface area (Å²) in [5, 5.41) is 6.04. The Labute approximate surface area is 191 Å². The molecule has 3 aromatic rings. The lowest BCUT2D eigenvalue weighted by molar-refractivity contribution is 0.165. The predicted octanol–water partition coefficient (Wildman–Crippen LogP) is 8.77. The van der Waals surface area contributed by atoms with E-state index in [4.69, 9.17) is 0 Å². The van der Waals surface area contributed by atoms with E-state index in [1.54, 1.807) is 22.3 Å². The molecule has 0 N–H and O–H groups in total. The third-order valence-electron chi connectivity index (χ3n) is 11.2. The van der Waals surface area contributed by atoms with Crippen molar-refractivity contribution < 1.29 is 0 Å². The summed E-state index contributed by atoms with van der Waals surface area (Å²) in [6.07, 6.45) is 14.8. The zero-order valence-electron chi connectivity index (χ0n) is 19.2. The molecule has 0 atom stereocenters. The van der Waals surface area contributed by atoms with Gasteiger partial charge in [-0.15, -0.1) is 0 Å². The summed E-state index contributed by atoms with van der Waals surface area (Å²) in [6, 6.07) is 15.7. The molecule has 8 bridgehead atoms. The van der Waals surface area contributed by atoms with E-state index in [2.05, 4.69) is 36.4 Å². The van der Waals surface area contributed by atoms with Gasteiger partial charge in [-0.2, -0.15) is 0 Å². The molecular weight excluding hydrogens is 384 g/mol. The zero-order chi connectivity index (χ0) is 20.6. The lowest BCUT2D eigenvalue weighted by Gasteiger charge is -2.38. The minimum absolute atomic E-state index is 0.847. The topological polar surface area (TPSA) is 0 Å². The first-order valence-electron chi connectivity index (χ1n) is 13.8. The van der Waals surface area contributed by atoms with Gasteiger partial charge in [-0.3, -0.25) is 0 Å². The summed E-state index contributed by atoms with van der Waals surface area (Å²) >= 11 is 0. The molecule has 0 heterocycles. The van der Waals surface area contributed by atoms with E-state index in [-0.39, 0.29) is 0 Å². The SMILES string of the molecule is c1c2c(cc3cc4cc5c(cc4cc13)C1CC3CC(C1)CC5C3)C1CC3CC(CC2C3)C1. The first-order valence-corrected chi connectivity index (χ1v) is 13.8. The second kappa shape index (κ2) is 5.99. The molecule has 8 aliphatic carbocycles. The molecule has 0 unspecified atom stereocenters. The Morgan fingerprint density at radius 2 is 0.562 bits per heavy atom. The molecule has 4 fully saturated rings. The van der Waals surface area contributed by atoms with E-state index >= 15 is 0 Å². The van der Waals surface area contributed by atoms with Crippen LogP contribution in [0.1, 0.15) is 110 Å². The zero-order valence-corrected chi connectivity index (χ0v) is 19.2. The van der Waals surface area contributed by atoms with Crippen molar-refractivity contribution in [3.05, 3.63) is 58.7 Å². The van der Waals surface area contributed by atoms with E-state index in [9.17, 15) is 0 Å². The normalized spacial score (nSPS) is 40.5. The van der Waals surface area contributed by atoms with Crippen LogP contribution in [-0.2, 0) is 0 Å². The highest BCUT2D eigenvalue weighted by Gasteiger charge is 2.43. The second-order valence-electron chi connectivity index (χ2n) is 13.1. The summed E-state index contributed by atoms with van der Waals surface area (Å²) in [6.45, 7) is 0. The van der Waals surface area contributed by atoms with Crippen molar-refractivity contribution in [3.63, 3.8) is 0 Å². The maximum Gasteiger partial charge on any atom is -0.0154 e. The Hall–Kier alpha value is -1.82. The van der Waals surface area contributed by atoms with Crippen LogP contribution in [0.4, 0.5) is 0 Å². The minimum atomic E-state index is 0.847. The average Bonchev–Trinajstić information content (AvgIpc) is 3.05. The van der Waals surface area contributed by atoms with Crippen LogP contribution in [0.2, 0.25) is 0 Å². The Balaban J connectivity index is 1.25. The summed E-state index contributed by atoms with van der Waals surface area (Å²) in [7, 11) is 0. The lowest BCUT2D eigenvalue weighted by atomic mass is 9.67. The van der Waals surface area contributed by atoms with Gasteiger partial charge >= 0.3 is 0 Å². The summed E-state index contributed by atoms with van der Waals surface area (Å²) in [5.74, 6) is 7.42. The van der Waals surface area contributed by atoms with Crippen LogP contribution in [0, 0.1) is 23.7 Å². The van der Waals surface area contributed by atoms with Gasteiger partial charge in [-0.25, -0.2) is 0 Å². The van der Waals surface area contributed by atoms with Gasteiger partial charge in [-0.05, 0) is 167 Å². The van der Waals surface area contributed by atoms with Crippen LogP contribution < -0.4 is 0 Å². The van der Waals surface area contributed by atoms with Gasteiger partial charge in [0.2, 0.25) is 0 Å². The fourth-order valence-electron chi connectivity index (χ4n) is 10.3. The highest BCUT2D eigenvalue weighted by molar-refractivity contribution is 5.99. The van der Waals surface area contributed by atoms with E-state index in [1.807, 2.05) is 0 Å². The van der Waals surface area contributed by atoms with Crippen molar-refractivity contribution in [2.45, 2.75) is 87.9 Å². The van der Waals surface area contributed by atoms with Crippen molar-refractivity contribution in [1.29, 1.82) is 0 Å². The molecule has 0 radical (unpaired) electrons. The molecule has 0 saturated heterocycles. The third-order valence-corrected chi connectivity index (χ3v) is 11.2. The average molecular weight is 419 g/mol. The van der Waals surface area contributed by atoms with E-state index in [0.29, 0.717) is 0 Å². The first kappa shape index (κ1) is 17.6. The van der Waals surface area contributed by atoms with Gasteiger partial charge in [0.15, 0.2) is 0 Å². The second-order valence-corrected chi connectivity index (χ2v) is 13.1. The van der Waals surface area contributed by atoms with Crippen LogP contribution in [0.5, 0.6) is 0 Å². The molecule has 0 nitrogen and oxygen atoms in total. The summed E-state index contributed by atoms with van der Waals surface area (Å²) in [5.41, 5.74) is 6.99. The smallest absolute Gasteiger partial charge is 0.0154 e. The summed E-state index contributed by atoms with van der Waals surface area (Å²) < 4.78 is 0. The molecule has 8 aliphatic rings. The Morgan fingerprint density at radius 1 is 0.312 bits per heavy atom. The van der Waals surface area contributed by atoms with Gasteiger partial charge in [0.1, 0.15) is 0 Å². The largest absolute Gasteiger partial charge is 0.0506 e. The van der Waals surface area contributed by atoms with Gasteiger partial charge in [0.25, 0.3) is 0 Å². The Morgan fingerprint density at radius 3 is 0.812 bits per heavy atom. The molecule has 3 aromatic carbocycles. The highest BCUT2D eigenvalue weighted by atomic mass is 14.5. The van der Waals surface area contributed by atoms with Crippen molar-refractivity contribution in [1.82, 2.24) is 0 Å². The molecule has 162 valence electrons. The van der Waals surface area contributed by atoms with Gasteiger partial charge < -0.3 is 0 Å². The van der Waals surface area contributed by atoms with Crippen LogP contribution in [0.15, 0.2) is 36.4 Å². The Bertz CT molecular complexity index is 1080. The van der Waals surface area contributed by atoms with Crippen LogP contribution in [0.25, 0.3) is 21.5 Å². The van der Waals surface area contributed by atoms with Crippen molar-refractivity contribution in [3.8, 4) is 0 Å². The van der Waals surface area contributed by atoms with Crippen LogP contribution >= 0.6 is 0 Å². The maximum atomic E-state index is 2.65. The summed E-state index contributed by atoms with van der Waals surface area (Å²) in [4.78, 5) is 0. The number of fused-ring (bicyclic) bond motifs is 2. The number of hydrogen-bond donors (Lipinski definition) is 0. The fourth-order valence-corrected chi connectivity index (χ4v) is 10.3.